The smallest absolute Gasteiger partial charge is 0.289 e. The molecule has 2 rings (SSSR count). The summed E-state index contributed by atoms with van der Waals surface area (Å²) >= 11 is 0. The van der Waals surface area contributed by atoms with E-state index in [0.29, 0.717) is 17.5 Å². The van der Waals surface area contributed by atoms with E-state index in [9.17, 15) is 9.59 Å². The molecule has 0 atom stereocenters. The van der Waals surface area contributed by atoms with Crippen LogP contribution in [0.4, 0.5) is 0 Å². The maximum Gasteiger partial charge on any atom is 0.373 e. The monoisotopic (exact) mass is 468 g/mol. The van der Waals surface area contributed by atoms with Crippen LogP contribution in [0.3, 0.4) is 0 Å². The van der Waals surface area contributed by atoms with Gasteiger partial charge in [0.05, 0.1) is 11.1 Å². The molecule has 0 aromatic heterocycles. The van der Waals surface area contributed by atoms with Crippen molar-refractivity contribution in [2.45, 2.75) is 79.1 Å². The third-order valence-corrected chi connectivity index (χ3v) is 5.79. The first-order valence-corrected chi connectivity index (χ1v) is 11.9. The molecule has 0 unspecified atom stereocenters. The molecule has 0 aliphatic carbocycles. The van der Waals surface area contributed by atoms with Crippen LogP contribution in [-0.2, 0) is 19.6 Å². The van der Waals surface area contributed by atoms with E-state index in [0.717, 1.165) is 67.2 Å². The summed E-state index contributed by atoms with van der Waals surface area (Å²) in [6, 6.07) is 10.5. The molecule has 0 saturated carbocycles. The van der Waals surface area contributed by atoms with Crippen LogP contribution in [0, 0.1) is 40.9 Å². The lowest BCUT2D eigenvalue weighted by molar-refractivity contribution is -0.363. The Labute approximate surface area is 203 Å². The molecule has 0 saturated heterocycles. The first-order chi connectivity index (χ1) is 16.3. The van der Waals surface area contributed by atoms with Crippen LogP contribution in [0.2, 0.25) is 0 Å². The molecule has 2 radical (unpaired) electrons. The maximum atomic E-state index is 12.4. The number of hydrogen-bond acceptors (Lipinski definition) is 6. The van der Waals surface area contributed by atoms with Gasteiger partial charge in [0, 0.05) is 6.42 Å². The minimum absolute atomic E-state index is 0.0767. The number of rotatable bonds is 14. The molecule has 2 aromatic rings. The molecule has 2 aromatic carbocycles. The lowest BCUT2D eigenvalue weighted by Crippen LogP contribution is -2.16. The average Bonchev–Trinajstić information content (AvgIpc) is 2.82. The topological polar surface area (TPSA) is 71.1 Å². The SMILES string of the molecule is [CH2]CCCCCCCC[C](OOC(=O)c1ccc(C)c(C)c1)OOC(=O)c1ccc(C)c(C)c1. The normalized spacial score (nSPS) is 11.0. The molecule has 0 N–H and O–H groups in total. The highest BCUT2D eigenvalue weighted by Crippen LogP contribution is 2.20. The first kappa shape index (κ1) is 27.5. The van der Waals surface area contributed by atoms with Gasteiger partial charge in [-0.25, -0.2) is 9.59 Å². The fourth-order valence-corrected chi connectivity index (χ4v) is 3.25. The van der Waals surface area contributed by atoms with Crippen LogP contribution in [0.25, 0.3) is 0 Å². The summed E-state index contributed by atoms with van der Waals surface area (Å²) in [6.45, 7) is 11.6. The van der Waals surface area contributed by atoms with Crippen molar-refractivity contribution in [3.05, 3.63) is 83.0 Å². The van der Waals surface area contributed by atoms with Crippen LogP contribution in [0.1, 0.15) is 94.3 Å². The summed E-state index contributed by atoms with van der Waals surface area (Å²) in [6.07, 6.45) is 7.39. The van der Waals surface area contributed by atoms with Gasteiger partial charge in [-0.2, -0.15) is 0 Å². The summed E-state index contributed by atoms with van der Waals surface area (Å²) in [5.41, 5.74) is 4.80. The Kier molecular flexibility index (Phi) is 11.8. The van der Waals surface area contributed by atoms with Gasteiger partial charge in [-0.15, -0.1) is 9.78 Å². The van der Waals surface area contributed by atoms with Gasteiger partial charge in [0.1, 0.15) is 0 Å². The second kappa shape index (κ2) is 14.5. The Morgan fingerprint density at radius 3 is 1.50 bits per heavy atom. The Morgan fingerprint density at radius 2 is 1.06 bits per heavy atom. The largest absolute Gasteiger partial charge is 0.373 e. The Balaban J connectivity index is 1.91. The Bertz CT molecular complexity index is 869. The van der Waals surface area contributed by atoms with Crippen LogP contribution >= 0.6 is 0 Å². The van der Waals surface area contributed by atoms with Crippen molar-refractivity contribution in [1.29, 1.82) is 0 Å². The highest BCUT2D eigenvalue weighted by molar-refractivity contribution is 5.89. The van der Waals surface area contributed by atoms with Crippen molar-refractivity contribution in [3.63, 3.8) is 0 Å². The van der Waals surface area contributed by atoms with E-state index in [1.165, 1.54) is 0 Å². The van der Waals surface area contributed by atoms with Gasteiger partial charge in [0.2, 0.25) is 0 Å². The van der Waals surface area contributed by atoms with E-state index >= 15 is 0 Å². The lowest BCUT2D eigenvalue weighted by atomic mass is 10.1. The van der Waals surface area contributed by atoms with Gasteiger partial charge >= 0.3 is 18.2 Å². The summed E-state index contributed by atoms with van der Waals surface area (Å²) < 4.78 is 0. The van der Waals surface area contributed by atoms with Crippen molar-refractivity contribution in [3.8, 4) is 0 Å². The van der Waals surface area contributed by atoms with E-state index in [1.807, 2.05) is 39.8 Å². The molecule has 0 aliphatic heterocycles. The molecule has 184 valence electrons. The summed E-state index contributed by atoms with van der Waals surface area (Å²) in [5.74, 6) is -1.31. The minimum Gasteiger partial charge on any atom is -0.289 e. The van der Waals surface area contributed by atoms with E-state index in [4.69, 9.17) is 19.6 Å². The van der Waals surface area contributed by atoms with Crippen molar-refractivity contribution in [1.82, 2.24) is 0 Å². The third kappa shape index (κ3) is 9.27. The molecular weight excluding hydrogens is 432 g/mol. The van der Waals surface area contributed by atoms with Gasteiger partial charge in [0.15, 0.2) is 0 Å². The number of carbonyl (C=O) groups is 2. The second-order valence-electron chi connectivity index (χ2n) is 8.60. The van der Waals surface area contributed by atoms with Gasteiger partial charge < -0.3 is 0 Å². The van der Waals surface area contributed by atoms with Crippen LogP contribution in [0.15, 0.2) is 36.4 Å². The van der Waals surface area contributed by atoms with Gasteiger partial charge in [0.25, 0.3) is 0 Å². The molecule has 0 aliphatic rings. The standard InChI is InChI=1S/C28H36O6/c1-6-7-8-9-10-11-12-13-26(31-33-27(29)24-16-14-20(2)22(4)18-24)32-34-28(30)25-17-15-21(3)23(5)19-25/h14-19H,1,6-13H2,2-5H3. The average molecular weight is 469 g/mol. The highest BCUT2D eigenvalue weighted by atomic mass is 17.3. The third-order valence-electron chi connectivity index (χ3n) is 5.79. The van der Waals surface area contributed by atoms with E-state index in [-0.39, 0.29) is 6.29 Å². The highest BCUT2D eigenvalue weighted by Gasteiger charge is 2.22. The van der Waals surface area contributed by atoms with E-state index in [2.05, 4.69) is 6.92 Å². The molecule has 6 heteroatoms. The predicted octanol–water partition coefficient (Wildman–Crippen LogP) is 7.24. The van der Waals surface area contributed by atoms with Crippen molar-refractivity contribution >= 4 is 11.9 Å². The minimum atomic E-state index is -0.655. The molecule has 34 heavy (non-hydrogen) atoms. The Hall–Kier alpha value is -2.70. The zero-order valence-corrected chi connectivity index (χ0v) is 20.8. The molecule has 0 heterocycles. The molecule has 6 nitrogen and oxygen atoms in total. The molecule has 0 spiro atoms. The fraction of sp³-hybridized carbons (Fsp3) is 0.429. The summed E-state index contributed by atoms with van der Waals surface area (Å²) in [5, 5.41) is 0. The molecule has 0 bridgehead atoms. The van der Waals surface area contributed by atoms with Gasteiger partial charge in [-0.3, -0.25) is 9.78 Å². The van der Waals surface area contributed by atoms with Gasteiger partial charge in [-0.05, 0) is 80.6 Å². The number of aryl methyl sites for hydroxylation is 4. The molecule has 0 amide bonds. The van der Waals surface area contributed by atoms with Crippen LogP contribution < -0.4 is 0 Å². The number of unbranched alkanes of at least 4 members (excludes halogenated alkanes) is 6. The van der Waals surface area contributed by atoms with E-state index < -0.39 is 11.9 Å². The summed E-state index contributed by atoms with van der Waals surface area (Å²) in [7, 11) is 0. The first-order valence-electron chi connectivity index (χ1n) is 11.9. The van der Waals surface area contributed by atoms with Crippen LogP contribution in [-0.4, -0.2) is 11.9 Å². The zero-order chi connectivity index (χ0) is 24.9. The molecule has 0 fully saturated rings. The fourth-order valence-electron chi connectivity index (χ4n) is 3.25. The zero-order valence-electron chi connectivity index (χ0n) is 20.8. The predicted molar refractivity (Wildman–Crippen MR) is 130 cm³/mol. The second-order valence-corrected chi connectivity index (χ2v) is 8.60. The maximum absolute atomic E-state index is 12.4. The van der Waals surface area contributed by atoms with E-state index in [1.54, 1.807) is 24.3 Å². The Morgan fingerprint density at radius 1 is 0.618 bits per heavy atom. The number of hydrogen-bond donors (Lipinski definition) is 0. The lowest BCUT2D eigenvalue weighted by Gasteiger charge is -2.14. The van der Waals surface area contributed by atoms with Crippen molar-refractivity contribution in [2.24, 2.45) is 0 Å². The van der Waals surface area contributed by atoms with Gasteiger partial charge in [-0.1, -0.05) is 57.6 Å². The number of carbonyl (C=O) groups excluding carboxylic acids is 2. The van der Waals surface area contributed by atoms with Crippen molar-refractivity contribution < 1.29 is 29.1 Å². The summed E-state index contributed by atoms with van der Waals surface area (Å²) in [4.78, 5) is 45.0. The number of benzene rings is 2. The molecular formula is C28H36O6. The quantitative estimate of drug-likeness (QED) is 0.165. The van der Waals surface area contributed by atoms with Crippen molar-refractivity contribution in [2.75, 3.05) is 0 Å². The van der Waals surface area contributed by atoms with Crippen LogP contribution in [0.5, 0.6) is 0 Å².